The van der Waals surface area contributed by atoms with Crippen molar-refractivity contribution < 1.29 is 9.18 Å². The first kappa shape index (κ1) is 21.4. The molecule has 4 heteroatoms. The first-order valence-corrected chi connectivity index (χ1v) is 11.5. The summed E-state index contributed by atoms with van der Waals surface area (Å²) in [7, 11) is 0. The van der Waals surface area contributed by atoms with Gasteiger partial charge in [0.25, 0.3) is 0 Å². The van der Waals surface area contributed by atoms with Crippen LogP contribution in [0.5, 0.6) is 0 Å². The summed E-state index contributed by atoms with van der Waals surface area (Å²) in [5, 5.41) is 7.20. The van der Waals surface area contributed by atoms with E-state index < -0.39 is 0 Å². The van der Waals surface area contributed by atoms with E-state index in [0.717, 1.165) is 33.8 Å². The Morgan fingerprint density at radius 3 is 2.12 bits per heavy atom. The number of allylic oxidation sites excluding steroid dienone is 1. The molecule has 0 saturated heterocycles. The van der Waals surface area contributed by atoms with Gasteiger partial charge in [0.15, 0.2) is 5.78 Å². The van der Waals surface area contributed by atoms with Gasteiger partial charge < -0.3 is 10.6 Å². The Bertz CT molecular complexity index is 1220. The van der Waals surface area contributed by atoms with Crippen molar-refractivity contribution in [3.05, 3.63) is 107 Å². The Kier molecular flexibility index (Phi) is 5.32. The molecular formula is C29H29FN2O. The van der Waals surface area contributed by atoms with Crippen molar-refractivity contribution in [2.24, 2.45) is 0 Å². The van der Waals surface area contributed by atoms with Gasteiger partial charge in [-0.15, -0.1) is 0 Å². The number of Topliss-reactive ketones (excluding diaryl/α,β-unsaturated/α-hetero) is 1. The van der Waals surface area contributed by atoms with Crippen molar-refractivity contribution in [1.82, 2.24) is 0 Å². The Balaban J connectivity index is 1.57. The second-order valence-electron chi connectivity index (χ2n) is 10.1. The highest BCUT2D eigenvalue weighted by atomic mass is 19.1. The van der Waals surface area contributed by atoms with Crippen LogP contribution >= 0.6 is 0 Å². The number of carbonyl (C=O) groups excluding carboxylic acids is 1. The van der Waals surface area contributed by atoms with Crippen molar-refractivity contribution in [3.63, 3.8) is 0 Å². The Morgan fingerprint density at radius 1 is 0.818 bits per heavy atom. The van der Waals surface area contributed by atoms with Gasteiger partial charge in [-0.1, -0.05) is 69.3 Å². The molecule has 5 rings (SSSR count). The number of carbonyl (C=O) groups is 1. The van der Waals surface area contributed by atoms with Crippen molar-refractivity contribution >= 4 is 17.2 Å². The predicted molar refractivity (Wildman–Crippen MR) is 132 cm³/mol. The number of rotatable bonds is 2. The van der Waals surface area contributed by atoms with E-state index >= 15 is 0 Å². The first-order valence-electron chi connectivity index (χ1n) is 11.5. The fourth-order valence-corrected chi connectivity index (χ4v) is 4.89. The molecular weight excluding hydrogens is 411 g/mol. The number of hydrogen-bond acceptors (Lipinski definition) is 3. The summed E-state index contributed by atoms with van der Waals surface area (Å²) >= 11 is 0. The van der Waals surface area contributed by atoms with Gasteiger partial charge in [-0.3, -0.25) is 4.79 Å². The second-order valence-corrected chi connectivity index (χ2v) is 10.1. The number of nitrogens with one attached hydrogen (secondary N) is 2. The van der Waals surface area contributed by atoms with Crippen LogP contribution in [0.15, 0.2) is 84.1 Å². The molecule has 1 aliphatic heterocycles. The van der Waals surface area contributed by atoms with E-state index in [-0.39, 0.29) is 29.0 Å². The summed E-state index contributed by atoms with van der Waals surface area (Å²) in [5.41, 5.74) is 7.08. The van der Waals surface area contributed by atoms with E-state index in [1.54, 1.807) is 12.1 Å². The summed E-state index contributed by atoms with van der Waals surface area (Å²) in [6, 6.07) is 23.0. The minimum atomic E-state index is -0.259. The lowest BCUT2D eigenvalue weighted by molar-refractivity contribution is -0.116. The number of benzene rings is 3. The number of ketones is 1. The van der Waals surface area contributed by atoms with Gasteiger partial charge >= 0.3 is 0 Å². The van der Waals surface area contributed by atoms with Crippen LogP contribution < -0.4 is 10.6 Å². The van der Waals surface area contributed by atoms with E-state index in [1.165, 1.54) is 17.7 Å². The van der Waals surface area contributed by atoms with E-state index in [2.05, 4.69) is 55.7 Å². The van der Waals surface area contributed by atoms with Gasteiger partial charge in [0.05, 0.1) is 17.4 Å². The summed E-state index contributed by atoms with van der Waals surface area (Å²) in [5.74, 6) is -0.105. The zero-order valence-electron chi connectivity index (χ0n) is 19.3. The zero-order valence-corrected chi connectivity index (χ0v) is 19.3. The lowest BCUT2D eigenvalue weighted by atomic mass is 9.78. The molecule has 1 aliphatic carbocycles. The lowest BCUT2D eigenvalue weighted by Gasteiger charge is -2.30. The molecule has 0 bridgehead atoms. The fourth-order valence-electron chi connectivity index (χ4n) is 4.89. The molecule has 0 spiro atoms. The molecule has 2 aliphatic rings. The van der Waals surface area contributed by atoms with Crippen LogP contribution in [0.4, 0.5) is 15.8 Å². The third-order valence-corrected chi connectivity index (χ3v) is 6.76. The zero-order chi connectivity index (χ0) is 23.2. The van der Waals surface area contributed by atoms with Gasteiger partial charge in [-0.25, -0.2) is 4.39 Å². The van der Waals surface area contributed by atoms with Crippen LogP contribution in [-0.2, 0) is 10.2 Å². The quantitative estimate of drug-likeness (QED) is 0.446. The monoisotopic (exact) mass is 440 g/mol. The fraction of sp³-hybridized carbons (Fsp3) is 0.276. The molecule has 2 N–H and O–H groups in total. The SMILES string of the molecule is CC(C)(C)c1ccc(C2Nc3ccccc3NC3=C2C(=O)CC(c2ccc(F)cc2)C3)cc1. The predicted octanol–water partition coefficient (Wildman–Crippen LogP) is 7.10. The van der Waals surface area contributed by atoms with E-state index in [9.17, 15) is 9.18 Å². The molecule has 3 nitrogen and oxygen atoms in total. The average Bonchev–Trinajstić information content (AvgIpc) is 2.96. The summed E-state index contributed by atoms with van der Waals surface area (Å²) in [4.78, 5) is 13.6. The summed E-state index contributed by atoms with van der Waals surface area (Å²) in [6.07, 6.45) is 1.13. The lowest BCUT2D eigenvalue weighted by Crippen LogP contribution is -2.27. The Morgan fingerprint density at radius 2 is 1.45 bits per heavy atom. The maximum atomic E-state index is 13.6. The van der Waals surface area contributed by atoms with E-state index in [4.69, 9.17) is 0 Å². The molecule has 1 heterocycles. The third-order valence-electron chi connectivity index (χ3n) is 6.76. The van der Waals surface area contributed by atoms with Crippen LogP contribution in [-0.4, -0.2) is 5.78 Å². The van der Waals surface area contributed by atoms with Crippen LogP contribution in [0.2, 0.25) is 0 Å². The van der Waals surface area contributed by atoms with Crippen LogP contribution in [0.25, 0.3) is 0 Å². The maximum absolute atomic E-state index is 13.6. The first-order chi connectivity index (χ1) is 15.8. The van der Waals surface area contributed by atoms with Crippen molar-refractivity contribution in [2.75, 3.05) is 10.6 Å². The molecule has 2 unspecified atom stereocenters. The molecule has 3 aromatic carbocycles. The minimum Gasteiger partial charge on any atom is -0.372 e. The minimum absolute atomic E-state index is 0.0264. The number of anilines is 2. The van der Waals surface area contributed by atoms with E-state index in [0.29, 0.717) is 12.8 Å². The molecule has 2 atom stereocenters. The summed E-state index contributed by atoms with van der Waals surface area (Å²) < 4.78 is 13.5. The van der Waals surface area contributed by atoms with Gasteiger partial charge in [-0.05, 0) is 58.7 Å². The van der Waals surface area contributed by atoms with Gasteiger partial charge in [0.1, 0.15) is 5.82 Å². The normalized spacial score (nSPS) is 20.3. The van der Waals surface area contributed by atoms with Gasteiger partial charge in [0, 0.05) is 17.7 Å². The standard InChI is InChI=1S/C29H29FN2O/c1-29(2,3)21-12-8-19(9-13-21)28-27-25(31-23-6-4-5-7-24(23)32-28)16-20(17-26(27)33)18-10-14-22(30)15-11-18/h4-15,20,28,31-32H,16-17H2,1-3H3. The molecule has 3 aromatic rings. The Hall–Kier alpha value is -3.40. The third kappa shape index (κ3) is 4.18. The smallest absolute Gasteiger partial charge is 0.163 e. The van der Waals surface area contributed by atoms with Gasteiger partial charge in [-0.2, -0.15) is 0 Å². The topological polar surface area (TPSA) is 41.1 Å². The van der Waals surface area contributed by atoms with E-state index in [1.807, 2.05) is 24.3 Å². The molecule has 0 saturated carbocycles. The number of para-hydroxylation sites is 2. The largest absolute Gasteiger partial charge is 0.372 e. The number of hydrogen-bond donors (Lipinski definition) is 2. The summed E-state index contributed by atoms with van der Waals surface area (Å²) in [6.45, 7) is 6.60. The highest BCUT2D eigenvalue weighted by molar-refractivity contribution is 6.01. The maximum Gasteiger partial charge on any atom is 0.163 e. The van der Waals surface area contributed by atoms with Crippen LogP contribution in [0.1, 0.15) is 62.3 Å². The number of fused-ring (bicyclic) bond motifs is 1. The molecule has 0 fully saturated rings. The molecule has 0 aromatic heterocycles. The molecule has 0 amide bonds. The average molecular weight is 441 g/mol. The highest BCUT2D eigenvalue weighted by Gasteiger charge is 2.36. The van der Waals surface area contributed by atoms with Crippen molar-refractivity contribution in [2.45, 2.75) is 51.0 Å². The molecule has 0 radical (unpaired) electrons. The van der Waals surface area contributed by atoms with Crippen LogP contribution in [0.3, 0.4) is 0 Å². The second kappa shape index (κ2) is 8.18. The molecule has 168 valence electrons. The van der Waals surface area contributed by atoms with Crippen LogP contribution in [0, 0.1) is 5.82 Å². The molecule has 33 heavy (non-hydrogen) atoms. The Labute approximate surface area is 194 Å². The van der Waals surface area contributed by atoms with Crippen molar-refractivity contribution in [1.29, 1.82) is 0 Å². The highest BCUT2D eigenvalue weighted by Crippen LogP contribution is 2.44. The van der Waals surface area contributed by atoms with Gasteiger partial charge in [0.2, 0.25) is 0 Å². The number of halogens is 1. The van der Waals surface area contributed by atoms with Crippen molar-refractivity contribution in [3.8, 4) is 0 Å².